The number of nitriles is 1. The molecule has 1 amide bonds. The van der Waals surface area contributed by atoms with Gasteiger partial charge in [0.25, 0.3) is 0 Å². The Morgan fingerprint density at radius 1 is 1.43 bits per heavy atom. The lowest BCUT2D eigenvalue weighted by Crippen LogP contribution is -2.37. The van der Waals surface area contributed by atoms with E-state index in [4.69, 9.17) is 5.26 Å². The van der Waals surface area contributed by atoms with Crippen molar-refractivity contribution in [3.05, 3.63) is 0 Å². The lowest BCUT2D eigenvalue weighted by Gasteiger charge is -2.27. The molecule has 1 N–H and O–H groups in total. The normalized spacial score (nSPS) is 17.6. The Morgan fingerprint density at radius 2 is 1.93 bits per heavy atom. The Hall–Kier alpha value is -1.08. The molecule has 0 radical (unpaired) electrons. The van der Waals surface area contributed by atoms with Crippen LogP contribution >= 0.6 is 0 Å². The van der Waals surface area contributed by atoms with E-state index in [1.165, 1.54) is 0 Å². The molecule has 0 aromatic rings. The first kappa shape index (κ1) is 12.9. The fourth-order valence-electron chi connectivity index (χ4n) is 1.43. The van der Waals surface area contributed by atoms with Gasteiger partial charge in [-0.2, -0.15) is 5.26 Å². The van der Waals surface area contributed by atoms with Crippen molar-refractivity contribution in [3.63, 3.8) is 0 Å². The van der Waals surface area contributed by atoms with E-state index in [9.17, 15) is 4.79 Å². The van der Waals surface area contributed by atoms with Crippen molar-refractivity contribution in [2.45, 2.75) is 26.7 Å². The van der Waals surface area contributed by atoms with E-state index >= 15 is 0 Å². The van der Waals surface area contributed by atoms with E-state index in [-0.39, 0.29) is 11.8 Å². The highest BCUT2D eigenvalue weighted by molar-refractivity contribution is 5.80. The predicted octanol–water partition coefficient (Wildman–Crippen LogP) is 0.952. The second kappa shape index (κ2) is 7.34. The molecule has 1 fully saturated rings. The second-order valence-electron chi connectivity index (χ2n) is 3.18. The first-order valence-electron chi connectivity index (χ1n) is 5.11. The Labute approximate surface area is 85.9 Å². The molecular formula is C10H19N3O. The third-order valence-corrected chi connectivity index (χ3v) is 2.27. The highest BCUT2D eigenvalue weighted by atomic mass is 16.1. The maximum Gasteiger partial charge on any atom is 0.236 e. The predicted molar refractivity (Wildman–Crippen MR) is 55.3 cm³/mol. The number of likely N-dealkylation sites (tertiary alicyclic amines) is 1. The minimum atomic E-state index is -0.120. The topological polar surface area (TPSA) is 56.1 Å². The number of piperidine rings is 1. The van der Waals surface area contributed by atoms with Gasteiger partial charge in [0.15, 0.2) is 6.19 Å². The minimum Gasteiger partial charge on any atom is -0.306 e. The standard InChI is InChI=1S/C8H13N3O.C2H6/c1-11-4-2-7(3-5-11)8(12)10-6-9;1-2/h7H,2-5H2,1H3,(H,10,12);1-2H3. The van der Waals surface area contributed by atoms with Crippen LogP contribution in [0, 0.1) is 17.4 Å². The van der Waals surface area contributed by atoms with Crippen molar-refractivity contribution in [2.75, 3.05) is 20.1 Å². The van der Waals surface area contributed by atoms with E-state index in [1.807, 2.05) is 20.9 Å². The summed E-state index contributed by atoms with van der Waals surface area (Å²) in [5, 5.41) is 10.4. The quantitative estimate of drug-likeness (QED) is 0.503. The van der Waals surface area contributed by atoms with E-state index in [0.29, 0.717) is 0 Å². The average molecular weight is 197 g/mol. The molecule has 1 heterocycles. The summed E-state index contributed by atoms with van der Waals surface area (Å²) in [6.07, 6.45) is 3.39. The van der Waals surface area contributed by atoms with Gasteiger partial charge in [0.2, 0.25) is 5.91 Å². The van der Waals surface area contributed by atoms with Gasteiger partial charge in [0.1, 0.15) is 0 Å². The molecular weight excluding hydrogens is 178 g/mol. The van der Waals surface area contributed by atoms with Crippen LogP contribution in [0.25, 0.3) is 0 Å². The smallest absolute Gasteiger partial charge is 0.236 e. The van der Waals surface area contributed by atoms with Crippen LogP contribution < -0.4 is 5.32 Å². The highest BCUT2D eigenvalue weighted by Gasteiger charge is 2.22. The molecule has 80 valence electrons. The van der Waals surface area contributed by atoms with Crippen molar-refractivity contribution in [1.82, 2.24) is 10.2 Å². The summed E-state index contributed by atoms with van der Waals surface area (Å²) in [6.45, 7) is 5.90. The SMILES string of the molecule is CC.CN1CCC(C(=O)NC#N)CC1. The number of carbonyl (C=O) groups is 1. The first-order valence-corrected chi connectivity index (χ1v) is 5.11. The van der Waals surface area contributed by atoms with Crippen molar-refractivity contribution >= 4 is 5.91 Å². The minimum absolute atomic E-state index is 0.0425. The summed E-state index contributed by atoms with van der Waals surface area (Å²) in [4.78, 5) is 13.3. The largest absolute Gasteiger partial charge is 0.306 e. The van der Waals surface area contributed by atoms with Crippen molar-refractivity contribution < 1.29 is 4.79 Å². The van der Waals surface area contributed by atoms with Gasteiger partial charge in [-0.15, -0.1) is 0 Å². The van der Waals surface area contributed by atoms with Crippen LogP contribution in [0.5, 0.6) is 0 Å². The van der Waals surface area contributed by atoms with Crippen LogP contribution in [0.15, 0.2) is 0 Å². The van der Waals surface area contributed by atoms with Crippen molar-refractivity contribution in [2.24, 2.45) is 5.92 Å². The Bertz CT molecular complexity index is 202. The molecule has 4 heteroatoms. The molecule has 0 saturated carbocycles. The molecule has 0 aliphatic carbocycles. The molecule has 14 heavy (non-hydrogen) atoms. The zero-order chi connectivity index (χ0) is 11.0. The number of rotatable bonds is 1. The van der Waals surface area contributed by atoms with Crippen molar-refractivity contribution in [3.8, 4) is 6.19 Å². The monoisotopic (exact) mass is 197 g/mol. The second-order valence-corrected chi connectivity index (χ2v) is 3.18. The lowest BCUT2D eigenvalue weighted by molar-refractivity contribution is -0.125. The number of hydrogen-bond acceptors (Lipinski definition) is 3. The lowest BCUT2D eigenvalue weighted by atomic mass is 9.96. The first-order chi connectivity index (χ1) is 6.74. The molecule has 4 nitrogen and oxygen atoms in total. The molecule has 0 aromatic carbocycles. The summed E-state index contributed by atoms with van der Waals surface area (Å²) < 4.78 is 0. The number of hydrogen-bond donors (Lipinski definition) is 1. The van der Waals surface area contributed by atoms with Crippen LogP contribution in [0.4, 0.5) is 0 Å². The van der Waals surface area contributed by atoms with E-state index in [2.05, 4.69) is 10.2 Å². The summed E-state index contributed by atoms with van der Waals surface area (Å²) in [5.74, 6) is -0.0774. The number of nitrogens with one attached hydrogen (secondary N) is 1. The highest BCUT2D eigenvalue weighted by Crippen LogP contribution is 2.15. The van der Waals surface area contributed by atoms with Gasteiger partial charge in [-0.05, 0) is 33.0 Å². The van der Waals surface area contributed by atoms with E-state index < -0.39 is 0 Å². The van der Waals surface area contributed by atoms with Crippen LogP contribution in [0.2, 0.25) is 0 Å². The van der Waals surface area contributed by atoms with Gasteiger partial charge >= 0.3 is 0 Å². The Kier molecular flexibility index (Phi) is 6.77. The third-order valence-electron chi connectivity index (χ3n) is 2.27. The third kappa shape index (κ3) is 4.24. The van der Waals surface area contributed by atoms with Gasteiger partial charge in [0, 0.05) is 5.92 Å². The molecule has 1 aliphatic heterocycles. The van der Waals surface area contributed by atoms with Gasteiger partial charge in [-0.1, -0.05) is 13.8 Å². The van der Waals surface area contributed by atoms with Crippen molar-refractivity contribution in [1.29, 1.82) is 5.26 Å². The Balaban J connectivity index is 0.000000791. The molecule has 0 bridgehead atoms. The maximum atomic E-state index is 11.2. The number of nitrogens with zero attached hydrogens (tertiary/aromatic N) is 2. The fraction of sp³-hybridized carbons (Fsp3) is 0.800. The molecule has 0 atom stereocenters. The summed E-state index contributed by atoms with van der Waals surface area (Å²) in [6, 6.07) is 0. The number of amides is 1. The van der Waals surface area contributed by atoms with Crippen LogP contribution in [-0.4, -0.2) is 30.9 Å². The fourth-order valence-corrected chi connectivity index (χ4v) is 1.43. The summed E-state index contributed by atoms with van der Waals surface area (Å²) in [7, 11) is 2.04. The van der Waals surface area contributed by atoms with Gasteiger partial charge in [-0.3, -0.25) is 10.1 Å². The van der Waals surface area contributed by atoms with Gasteiger partial charge < -0.3 is 4.90 Å². The molecule has 0 unspecified atom stereocenters. The zero-order valence-corrected chi connectivity index (χ0v) is 9.21. The Morgan fingerprint density at radius 3 is 2.36 bits per heavy atom. The summed E-state index contributed by atoms with van der Waals surface area (Å²) in [5.41, 5.74) is 0. The molecule has 0 spiro atoms. The van der Waals surface area contributed by atoms with E-state index in [0.717, 1.165) is 25.9 Å². The van der Waals surface area contributed by atoms with Crippen LogP contribution in [0.1, 0.15) is 26.7 Å². The summed E-state index contributed by atoms with van der Waals surface area (Å²) >= 11 is 0. The van der Waals surface area contributed by atoms with Gasteiger partial charge in [0.05, 0.1) is 0 Å². The molecule has 1 aliphatic rings. The molecule has 1 rings (SSSR count). The maximum absolute atomic E-state index is 11.2. The average Bonchev–Trinajstić information content (AvgIpc) is 2.22. The molecule has 0 aromatic heterocycles. The van der Waals surface area contributed by atoms with Crippen LogP contribution in [-0.2, 0) is 4.79 Å². The number of carbonyl (C=O) groups excluding carboxylic acids is 1. The zero-order valence-electron chi connectivity index (χ0n) is 9.21. The molecule has 1 saturated heterocycles. The van der Waals surface area contributed by atoms with Crippen LogP contribution in [0.3, 0.4) is 0 Å². The van der Waals surface area contributed by atoms with Gasteiger partial charge in [-0.25, -0.2) is 0 Å². The van der Waals surface area contributed by atoms with E-state index in [1.54, 1.807) is 6.19 Å².